The van der Waals surface area contributed by atoms with Crippen molar-refractivity contribution in [2.45, 2.75) is 19.3 Å². The summed E-state index contributed by atoms with van der Waals surface area (Å²) < 4.78 is 0. The topological polar surface area (TPSA) is 55.1 Å². The van der Waals surface area contributed by atoms with Gasteiger partial charge in [-0.05, 0) is 35.7 Å². The van der Waals surface area contributed by atoms with Gasteiger partial charge >= 0.3 is 0 Å². The van der Waals surface area contributed by atoms with Crippen molar-refractivity contribution >= 4 is 16.7 Å². The molecule has 0 aliphatic heterocycles. The van der Waals surface area contributed by atoms with Crippen LogP contribution < -0.4 is 11.1 Å². The van der Waals surface area contributed by atoms with Crippen LogP contribution in [0.4, 0.5) is 0 Å². The minimum atomic E-state index is 0.0886. The van der Waals surface area contributed by atoms with Crippen LogP contribution in [0.1, 0.15) is 18.4 Å². The summed E-state index contributed by atoms with van der Waals surface area (Å²) in [6.07, 6.45) is 2.13. The molecule has 3 heteroatoms. The predicted molar refractivity (Wildman–Crippen MR) is 79.0 cm³/mol. The summed E-state index contributed by atoms with van der Waals surface area (Å²) in [6, 6.07) is 14.6. The van der Waals surface area contributed by atoms with E-state index in [1.807, 2.05) is 12.1 Å². The number of nitrogens with two attached hydrogens (primary N) is 1. The lowest BCUT2D eigenvalue weighted by molar-refractivity contribution is -0.121. The van der Waals surface area contributed by atoms with Crippen molar-refractivity contribution in [1.82, 2.24) is 5.32 Å². The lowest BCUT2D eigenvalue weighted by Crippen LogP contribution is -2.26. The molecule has 0 spiro atoms. The second-order valence-electron chi connectivity index (χ2n) is 4.63. The number of carbonyl (C=O) groups is 1. The highest BCUT2D eigenvalue weighted by Gasteiger charge is 2.02. The third kappa shape index (κ3) is 3.80. The molecular formula is C16H20N2O. The predicted octanol–water partition coefficient (Wildman–Crippen LogP) is 2.24. The number of amides is 1. The highest BCUT2D eigenvalue weighted by atomic mass is 16.1. The van der Waals surface area contributed by atoms with E-state index in [1.165, 1.54) is 16.3 Å². The molecule has 0 radical (unpaired) electrons. The zero-order chi connectivity index (χ0) is 13.5. The quantitative estimate of drug-likeness (QED) is 0.832. The summed E-state index contributed by atoms with van der Waals surface area (Å²) in [5.74, 6) is 0.0886. The summed E-state index contributed by atoms with van der Waals surface area (Å²) in [5, 5.41) is 5.45. The molecule has 0 aliphatic rings. The van der Waals surface area contributed by atoms with E-state index in [4.69, 9.17) is 5.73 Å². The molecule has 0 saturated heterocycles. The van der Waals surface area contributed by atoms with Crippen molar-refractivity contribution in [3.8, 4) is 0 Å². The highest BCUT2D eigenvalue weighted by Crippen LogP contribution is 2.18. The van der Waals surface area contributed by atoms with Crippen LogP contribution in [0, 0.1) is 0 Å². The van der Waals surface area contributed by atoms with Crippen LogP contribution in [0.15, 0.2) is 42.5 Å². The molecule has 0 aliphatic carbocycles. The standard InChI is InChI=1S/C16H20N2O/c17-11-4-9-16(19)18-12-10-14-7-3-6-13-5-1-2-8-15(13)14/h1-3,5-8H,4,9-12,17H2,(H,18,19). The average Bonchev–Trinajstić information content (AvgIpc) is 2.45. The first-order chi connectivity index (χ1) is 9.31. The molecular weight excluding hydrogens is 236 g/mol. The van der Waals surface area contributed by atoms with Gasteiger partial charge in [-0.25, -0.2) is 0 Å². The Bertz CT molecular complexity index is 546. The molecule has 0 saturated carbocycles. The van der Waals surface area contributed by atoms with Crippen molar-refractivity contribution in [2.24, 2.45) is 5.73 Å². The molecule has 0 atom stereocenters. The van der Waals surface area contributed by atoms with Crippen molar-refractivity contribution in [2.75, 3.05) is 13.1 Å². The summed E-state index contributed by atoms with van der Waals surface area (Å²) >= 11 is 0. The summed E-state index contributed by atoms with van der Waals surface area (Å²) in [6.45, 7) is 1.24. The number of hydrogen-bond acceptors (Lipinski definition) is 2. The molecule has 2 aromatic rings. The summed E-state index contributed by atoms with van der Waals surface area (Å²) in [5.41, 5.74) is 6.65. The van der Waals surface area contributed by atoms with Gasteiger partial charge < -0.3 is 11.1 Å². The van der Waals surface area contributed by atoms with Gasteiger partial charge in [-0.3, -0.25) is 4.79 Å². The zero-order valence-electron chi connectivity index (χ0n) is 11.1. The Labute approximate surface area is 113 Å². The van der Waals surface area contributed by atoms with Gasteiger partial charge in [0.2, 0.25) is 5.91 Å². The Morgan fingerprint density at radius 2 is 1.89 bits per heavy atom. The van der Waals surface area contributed by atoms with E-state index in [-0.39, 0.29) is 5.91 Å². The number of carbonyl (C=O) groups excluding carboxylic acids is 1. The van der Waals surface area contributed by atoms with Gasteiger partial charge in [-0.1, -0.05) is 42.5 Å². The van der Waals surface area contributed by atoms with E-state index in [9.17, 15) is 4.79 Å². The molecule has 3 nitrogen and oxygen atoms in total. The van der Waals surface area contributed by atoms with Gasteiger partial charge in [-0.15, -0.1) is 0 Å². The van der Waals surface area contributed by atoms with Gasteiger partial charge in [0.1, 0.15) is 0 Å². The first-order valence-electron chi connectivity index (χ1n) is 6.74. The number of nitrogens with one attached hydrogen (secondary N) is 1. The average molecular weight is 256 g/mol. The van der Waals surface area contributed by atoms with Crippen LogP contribution in [-0.2, 0) is 11.2 Å². The molecule has 0 bridgehead atoms. The number of hydrogen-bond donors (Lipinski definition) is 2. The van der Waals surface area contributed by atoms with Crippen molar-refractivity contribution in [1.29, 1.82) is 0 Å². The minimum Gasteiger partial charge on any atom is -0.356 e. The van der Waals surface area contributed by atoms with E-state index in [0.717, 1.165) is 12.8 Å². The van der Waals surface area contributed by atoms with Crippen molar-refractivity contribution in [3.05, 3.63) is 48.0 Å². The van der Waals surface area contributed by atoms with Gasteiger partial charge in [-0.2, -0.15) is 0 Å². The Morgan fingerprint density at radius 1 is 1.11 bits per heavy atom. The maximum atomic E-state index is 11.5. The van der Waals surface area contributed by atoms with Crippen LogP contribution >= 0.6 is 0 Å². The molecule has 0 fully saturated rings. The van der Waals surface area contributed by atoms with Crippen LogP contribution in [0.25, 0.3) is 10.8 Å². The number of rotatable bonds is 6. The third-order valence-electron chi connectivity index (χ3n) is 3.20. The fourth-order valence-corrected chi connectivity index (χ4v) is 2.20. The molecule has 3 N–H and O–H groups in total. The van der Waals surface area contributed by atoms with Crippen LogP contribution in [0.5, 0.6) is 0 Å². The normalized spacial score (nSPS) is 10.6. The largest absolute Gasteiger partial charge is 0.356 e. The zero-order valence-corrected chi connectivity index (χ0v) is 11.1. The van der Waals surface area contributed by atoms with Gasteiger partial charge in [0, 0.05) is 13.0 Å². The maximum absolute atomic E-state index is 11.5. The molecule has 19 heavy (non-hydrogen) atoms. The second-order valence-corrected chi connectivity index (χ2v) is 4.63. The first kappa shape index (κ1) is 13.6. The van der Waals surface area contributed by atoms with Crippen LogP contribution in [0.3, 0.4) is 0 Å². The Kier molecular flexibility index (Phi) is 4.93. The smallest absolute Gasteiger partial charge is 0.220 e. The van der Waals surface area contributed by atoms with Crippen LogP contribution in [-0.4, -0.2) is 19.0 Å². The first-order valence-corrected chi connectivity index (χ1v) is 6.74. The molecule has 1 amide bonds. The monoisotopic (exact) mass is 256 g/mol. The fraction of sp³-hybridized carbons (Fsp3) is 0.312. The highest BCUT2D eigenvalue weighted by molar-refractivity contribution is 5.85. The van der Waals surface area contributed by atoms with E-state index in [0.29, 0.717) is 19.5 Å². The van der Waals surface area contributed by atoms with Gasteiger partial charge in [0.25, 0.3) is 0 Å². The third-order valence-corrected chi connectivity index (χ3v) is 3.20. The van der Waals surface area contributed by atoms with Gasteiger partial charge in [0.05, 0.1) is 0 Å². The van der Waals surface area contributed by atoms with E-state index >= 15 is 0 Å². The molecule has 2 aromatic carbocycles. The fourth-order valence-electron chi connectivity index (χ4n) is 2.20. The van der Waals surface area contributed by atoms with Crippen LogP contribution in [0.2, 0.25) is 0 Å². The summed E-state index contributed by atoms with van der Waals surface area (Å²) in [4.78, 5) is 11.5. The van der Waals surface area contributed by atoms with Gasteiger partial charge in [0.15, 0.2) is 0 Å². The minimum absolute atomic E-state index is 0.0886. The molecule has 0 aromatic heterocycles. The van der Waals surface area contributed by atoms with Crippen molar-refractivity contribution in [3.63, 3.8) is 0 Å². The lowest BCUT2D eigenvalue weighted by Gasteiger charge is -2.08. The number of fused-ring (bicyclic) bond motifs is 1. The molecule has 0 heterocycles. The summed E-state index contributed by atoms with van der Waals surface area (Å²) in [7, 11) is 0. The van der Waals surface area contributed by atoms with Crippen molar-refractivity contribution < 1.29 is 4.79 Å². The molecule has 0 unspecified atom stereocenters. The molecule has 2 rings (SSSR count). The second kappa shape index (κ2) is 6.90. The van der Waals surface area contributed by atoms with E-state index in [1.54, 1.807) is 0 Å². The van der Waals surface area contributed by atoms with E-state index < -0.39 is 0 Å². The number of benzene rings is 2. The Balaban J connectivity index is 1.93. The molecule has 100 valence electrons. The SMILES string of the molecule is NCCCC(=O)NCCc1cccc2ccccc12. The maximum Gasteiger partial charge on any atom is 0.220 e. The Hall–Kier alpha value is -1.87. The lowest BCUT2D eigenvalue weighted by atomic mass is 10.0. The Morgan fingerprint density at radius 3 is 2.74 bits per heavy atom. The van der Waals surface area contributed by atoms with E-state index in [2.05, 4.69) is 35.6 Å².